The third-order valence-corrected chi connectivity index (χ3v) is 3.78. The van der Waals surface area contributed by atoms with Gasteiger partial charge in [0.25, 0.3) is 5.91 Å². The zero-order chi connectivity index (χ0) is 16.7. The van der Waals surface area contributed by atoms with Gasteiger partial charge in [0.1, 0.15) is 6.61 Å². The summed E-state index contributed by atoms with van der Waals surface area (Å²) in [5.41, 5.74) is 3.93. The Morgan fingerprint density at radius 3 is 2.61 bits per heavy atom. The van der Waals surface area contributed by atoms with E-state index < -0.39 is 0 Å². The van der Waals surface area contributed by atoms with Crippen molar-refractivity contribution in [1.82, 2.24) is 5.43 Å². The predicted molar refractivity (Wildman–Crippen MR) is 97.8 cm³/mol. The topological polar surface area (TPSA) is 73.6 Å². The lowest BCUT2D eigenvalue weighted by Gasteiger charge is -2.11. The highest BCUT2D eigenvalue weighted by Crippen LogP contribution is 2.29. The highest BCUT2D eigenvalue weighted by atomic mass is 127. The molecule has 2 aromatic rings. The van der Waals surface area contributed by atoms with E-state index in [0.29, 0.717) is 18.1 Å². The van der Waals surface area contributed by atoms with Crippen LogP contribution in [0, 0.1) is 3.57 Å². The summed E-state index contributed by atoms with van der Waals surface area (Å²) in [6, 6.07) is 13.6. The summed E-state index contributed by atoms with van der Waals surface area (Å²) in [6.45, 7) is 0.456. The van der Waals surface area contributed by atoms with Crippen LogP contribution < -0.4 is 20.7 Å². The molecule has 0 unspecified atom stereocenters. The molecule has 6 heteroatoms. The monoisotopic (exact) mass is 424 g/mol. The number of nitrogens with two attached hydrogens (primary N) is 1. The van der Waals surface area contributed by atoms with Crippen molar-refractivity contribution in [2.24, 2.45) is 5.84 Å². The molecular weight excluding hydrogens is 407 g/mol. The summed E-state index contributed by atoms with van der Waals surface area (Å²) >= 11 is 2.26. The maximum absolute atomic E-state index is 11.1. The van der Waals surface area contributed by atoms with Crippen LogP contribution in [0.2, 0.25) is 0 Å². The first-order chi connectivity index (χ1) is 11.1. The zero-order valence-corrected chi connectivity index (χ0v) is 14.7. The van der Waals surface area contributed by atoms with Crippen LogP contribution in [0.4, 0.5) is 0 Å². The first kappa shape index (κ1) is 17.3. The minimum absolute atomic E-state index is 0.372. The van der Waals surface area contributed by atoms with Crippen LogP contribution >= 0.6 is 22.6 Å². The SMILES string of the molecule is COc1cc(/C=C/C(=O)NN)ccc1OCc1ccc(I)cc1. The fourth-order valence-corrected chi connectivity index (χ4v) is 2.23. The quantitative estimate of drug-likeness (QED) is 0.246. The van der Waals surface area contributed by atoms with E-state index in [4.69, 9.17) is 15.3 Å². The van der Waals surface area contributed by atoms with Crippen LogP contribution in [0.3, 0.4) is 0 Å². The fourth-order valence-electron chi connectivity index (χ4n) is 1.87. The van der Waals surface area contributed by atoms with Crippen molar-refractivity contribution >= 4 is 34.6 Å². The molecule has 120 valence electrons. The molecule has 0 aliphatic carbocycles. The number of carbonyl (C=O) groups is 1. The van der Waals surface area contributed by atoms with E-state index in [2.05, 4.69) is 22.6 Å². The van der Waals surface area contributed by atoms with Gasteiger partial charge in [-0.15, -0.1) is 0 Å². The number of amides is 1. The molecule has 0 aromatic heterocycles. The molecule has 5 nitrogen and oxygen atoms in total. The second kappa shape index (κ2) is 8.54. The third-order valence-electron chi connectivity index (χ3n) is 3.06. The molecule has 1 amide bonds. The third kappa shape index (κ3) is 5.26. The fraction of sp³-hybridized carbons (Fsp3) is 0.118. The van der Waals surface area contributed by atoms with Gasteiger partial charge in [0.05, 0.1) is 7.11 Å². The van der Waals surface area contributed by atoms with Gasteiger partial charge >= 0.3 is 0 Å². The van der Waals surface area contributed by atoms with Crippen molar-refractivity contribution in [2.45, 2.75) is 6.61 Å². The molecule has 0 bridgehead atoms. The standard InChI is InChI=1S/C17H17IN2O3/c1-22-16-10-12(5-9-17(21)20-19)4-8-15(16)23-11-13-2-6-14(18)7-3-13/h2-10H,11,19H2,1H3,(H,20,21)/b9-5+. The molecule has 0 saturated carbocycles. The number of benzene rings is 2. The summed E-state index contributed by atoms with van der Waals surface area (Å²) < 4.78 is 12.3. The first-order valence-corrected chi connectivity index (χ1v) is 7.94. The summed E-state index contributed by atoms with van der Waals surface area (Å²) in [5.74, 6) is 5.90. The van der Waals surface area contributed by atoms with Crippen LogP contribution in [0.25, 0.3) is 6.08 Å². The molecule has 0 saturated heterocycles. The van der Waals surface area contributed by atoms with Gasteiger partial charge in [0, 0.05) is 9.65 Å². The van der Waals surface area contributed by atoms with Crippen molar-refractivity contribution in [1.29, 1.82) is 0 Å². The van der Waals surface area contributed by atoms with Gasteiger partial charge in [-0.1, -0.05) is 18.2 Å². The van der Waals surface area contributed by atoms with Crippen LogP contribution in [0.15, 0.2) is 48.5 Å². The molecule has 0 heterocycles. The Morgan fingerprint density at radius 2 is 1.96 bits per heavy atom. The van der Waals surface area contributed by atoms with Gasteiger partial charge < -0.3 is 9.47 Å². The maximum Gasteiger partial charge on any atom is 0.257 e. The molecule has 2 aromatic carbocycles. The Bertz CT molecular complexity index is 699. The molecule has 0 spiro atoms. The minimum atomic E-state index is -0.372. The van der Waals surface area contributed by atoms with Gasteiger partial charge in [-0.25, -0.2) is 5.84 Å². The van der Waals surface area contributed by atoms with E-state index in [9.17, 15) is 4.79 Å². The summed E-state index contributed by atoms with van der Waals surface area (Å²) in [5, 5.41) is 0. The van der Waals surface area contributed by atoms with E-state index in [-0.39, 0.29) is 5.91 Å². The van der Waals surface area contributed by atoms with Gasteiger partial charge in [0.2, 0.25) is 0 Å². The molecule has 3 N–H and O–H groups in total. The van der Waals surface area contributed by atoms with Crippen molar-refractivity contribution in [3.8, 4) is 11.5 Å². The van der Waals surface area contributed by atoms with Crippen LogP contribution in [0.1, 0.15) is 11.1 Å². The van der Waals surface area contributed by atoms with E-state index in [1.165, 1.54) is 9.65 Å². The number of hydrogen-bond acceptors (Lipinski definition) is 4. The molecule has 23 heavy (non-hydrogen) atoms. The molecule has 0 aliphatic heterocycles. The number of halogens is 1. The summed E-state index contributed by atoms with van der Waals surface area (Å²) in [6.07, 6.45) is 2.99. The average Bonchev–Trinajstić information content (AvgIpc) is 2.59. The zero-order valence-electron chi connectivity index (χ0n) is 12.6. The molecular formula is C17H17IN2O3. The van der Waals surface area contributed by atoms with Crippen LogP contribution in [-0.2, 0) is 11.4 Å². The van der Waals surface area contributed by atoms with Gasteiger partial charge in [0.15, 0.2) is 11.5 Å². The van der Waals surface area contributed by atoms with Crippen molar-refractivity contribution in [3.05, 3.63) is 63.2 Å². The second-order valence-corrected chi connectivity index (χ2v) is 5.91. The van der Waals surface area contributed by atoms with Crippen molar-refractivity contribution in [3.63, 3.8) is 0 Å². The normalized spacial score (nSPS) is 10.6. The number of hydrazine groups is 1. The van der Waals surface area contributed by atoms with Crippen molar-refractivity contribution in [2.75, 3.05) is 7.11 Å². The lowest BCUT2D eigenvalue weighted by Crippen LogP contribution is -2.27. The van der Waals surface area contributed by atoms with E-state index in [1.54, 1.807) is 19.3 Å². The molecule has 0 aliphatic rings. The highest BCUT2D eigenvalue weighted by molar-refractivity contribution is 14.1. The maximum atomic E-state index is 11.1. The molecule has 0 atom stereocenters. The van der Waals surface area contributed by atoms with E-state index >= 15 is 0 Å². The summed E-state index contributed by atoms with van der Waals surface area (Å²) in [4.78, 5) is 11.1. The van der Waals surface area contributed by atoms with E-state index in [1.807, 2.05) is 41.8 Å². The van der Waals surface area contributed by atoms with Gasteiger partial charge in [-0.05, 0) is 64.1 Å². The largest absolute Gasteiger partial charge is 0.493 e. The Morgan fingerprint density at radius 1 is 1.22 bits per heavy atom. The molecule has 2 rings (SSSR count). The average molecular weight is 424 g/mol. The van der Waals surface area contributed by atoms with Gasteiger partial charge in [-0.2, -0.15) is 0 Å². The van der Waals surface area contributed by atoms with Crippen LogP contribution in [-0.4, -0.2) is 13.0 Å². The van der Waals surface area contributed by atoms with Crippen molar-refractivity contribution < 1.29 is 14.3 Å². The smallest absolute Gasteiger partial charge is 0.257 e. The Balaban J connectivity index is 2.08. The number of methoxy groups -OCH3 is 1. The Kier molecular flexibility index (Phi) is 6.42. The lowest BCUT2D eigenvalue weighted by atomic mass is 10.2. The number of carbonyl (C=O) groups excluding carboxylic acids is 1. The molecule has 0 radical (unpaired) electrons. The lowest BCUT2D eigenvalue weighted by molar-refractivity contribution is -0.116. The molecule has 0 fully saturated rings. The van der Waals surface area contributed by atoms with Crippen LogP contribution in [0.5, 0.6) is 11.5 Å². The number of ether oxygens (including phenoxy) is 2. The minimum Gasteiger partial charge on any atom is -0.493 e. The number of nitrogens with one attached hydrogen (secondary N) is 1. The van der Waals surface area contributed by atoms with Gasteiger partial charge in [-0.3, -0.25) is 10.2 Å². The summed E-state index contributed by atoms with van der Waals surface area (Å²) in [7, 11) is 1.58. The second-order valence-electron chi connectivity index (χ2n) is 4.67. The Hall–Kier alpha value is -2.06. The first-order valence-electron chi connectivity index (χ1n) is 6.86. The predicted octanol–water partition coefficient (Wildman–Crippen LogP) is 2.88. The van der Waals surface area contributed by atoms with E-state index in [0.717, 1.165) is 11.1 Å². The Labute approximate surface area is 148 Å². The highest BCUT2D eigenvalue weighted by Gasteiger charge is 2.05. The number of hydrogen-bond donors (Lipinski definition) is 2. The number of rotatable bonds is 6.